The molecule has 0 saturated heterocycles. The van der Waals surface area contributed by atoms with Gasteiger partial charge in [0.1, 0.15) is 11.5 Å². The van der Waals surface area contributed by atoms with Crippen molar-refractivity contribution in [1.82, 2.24) is 15.0 Å². The lowest BCUT2D eigenvalue weighted by Crippen LogP contribution is -2.08. The van der Waals surface area contributed by atoms with Gasteiger partial charge in [0.2, 0.25) is 17.0 Å². The van der Waals surface area contributed by atoms with E-state index in [1.54, 1.807) is 6.92 Å². The van der Waals surface area contributed by atoms with Crippen LogP contribution in [0.15, 0.2) is 4.42 Å². The van der Waals surface area contributed by atoms with E-state index in [9.17, 15) is 10.1 Å². The molecule has 2 heterocycles. The van der Waals surface area contributed by atoms with E-state index >= 15 is 0 Å². The first-order valence-electron chi connectivity index (χ1n) is 5.73. The minimum atomic E-state index is -0.555. The second-order valence-electron chi connectivity index (χ2n) is 4.14. The van der Waals surface area contributed by atoms with Crippen LogP contribution in [0.5, 0.6) is 0 Å². The van der Waals surface area contributed by atoms with Crippen LogP contribution in [0.1, 0.15) is 23.0 Å². The molecule has 0 radical (unpaired) electrons. The van der Waals surface area contributed by atoms with Crippen LogP contribution in [0.2, 0.25) is 5.28 Å². The molecule has 2 rings (SSSR count). The van der Waals surface area contributed by atoms with Gasteiger partial charge in [0.15, 0.2) is 0 Å². The van der Waals surface area contributed by atoms with Gasteiger partial charge < -0.3 is 9.73 Å². The van der Waals surface area contributed by atoms with E-state index < -0.39 is 4.92 Å². The normalized spacial score (nSPS) is 10.6. The van der Waals surface area contributed by atoms with Crippen molar-refractivity contribution in [2.24, 2.45) is 0 Å². The fourth-order valence-corrected chi connectivity index (χ4v) is 1.86. The fourth-order valence-electron chi connectivity index (χ4n) is 1.65. The Morgan fingerprint density at radius 2 is 1.95 bits per heavy atom. The van der Waals surface area contributed by atoms with E-state index in [1.165, 1.54) is 6.92 Å². The quantitative estimate of drug-likeness (QED) is 0.525. The summed E-state index contributed by atoms with van der Waals surface area (Å²) in [6, 6.07) is 0. The molecule has 0 saturated carbocycles. The summed E-state index contributed by atoms with van der Waals surface area (Å²) in [5.41, 5.74) is 0.750. The molecule has 0 aliphatic rings. The highest BCUT2D eigenvalue weighted by Crippen LogP contribution is 2.26. The number of nitro groups is 1. The van der Waals surface area contributed by atoms with Gasteiger partial charge in [-0.3, -0.25) is 10.1 Å². The van der Waals surface area contributed by atoms with Crippen molar-refractivity contribution >= 4 is 23.1 Å². The number of halogens is 1. The zero-order valence-electron chi connectivity index (χ0n) is 11.1. The van der Waals surface area contributed by atoms with Crippen molar-refractivity contribution in [2.75, 3.05) is 5.32 Å². The van der Waals surface area contributed by atoms with E-state index in [0.29, 0.717) is 11.7 Å². The minimum absolute atomic E-state index is 0.0426. The summed E-state index contributed by atoms with van der Waals surface area (Å²) in [4.78, 5) is 22.2. The molecule has 0 aliphatic carbocycles. The first-order chi connectivity index (χ1) is 9.38. The molecular formula is C11H12ClN5O3. The van der Waals surface area contributed by atoms with Gasteiger partial charge in [-0.2, -0.15) is 4.98 Å². The Balaban J connectivity index is 2.26. The third-order valence-electron chi connectivity index (χ3n) is 2.69. The lowest BCUT2D eigenvalue weighted by molar-refractivity contribution is -0.385. The number of hydrogen-bond donors (Lipinski definition) is 1. The molecule has 0 spiro atoms. The maximum atomic E-state index is 11.0. The zero-order valence-corrected chi connectivity index (χ0v) is 11.9. The number of aryl methyl sites for hydroxylation is 3. The Morgan fingerprint density at radius 1 is 1.25 bits per heavy atom. The second-order valence-corrected chi connectivity index (χ2v) is 4.47. The number of hydrogen-bond acceptors (Lipinski definition) is 7. The standard InChI is InChI=1S/C11H12ClN5O3/c1-5-7(3)20-8(14-5)4-13-10-9(17(18)19)6(2)15-11(12)16-10/h4H2,1-3H3,(H,13,15,16). The largest absolute Gasteiger partial charge is 0.444 e. The third-order valence-corrected chi connectivity index (χ3v) is 2.86. The Labute approximate surface area is 119 Å². The van der Waals surface area contributed by atoms with Crippen molar-refractivity contribution in [3.05, 3.63) is 38.4 Å². The lowest BCUT2D eigenvalue weighted by Gasteiger charge is -2.05. The number of nitrogens with zero attached hydrogens (tertiary/aromatic N) is 4. The smallest absolute Gasteiger partial charge is 0.332 e. The van der Waals surface area contributed by atoms with Gasteiger partial charge in [0.25, 0.3) is 0 Å². The highest BCUT2D eigenvalue weighted by atomic mass is 35.5. The van der Waals surface area contributed by atoms with Crippen LogP contribution in [0.4, 0.5) is 11.5 Å². The molecule has 0 atom stereocenters. The summed E-state index contributed by atoms with van der Waals surface area (Å²) in [6.07, 6.45) is 0. The van der Waals surface area contributed by atoms with E-state index in [2.05, 4.69) is 20.3 Å². The Kier molecular flexibility index (Phi) is 3.84. The Bertz CT molecular complexity index is 651. The monoisotopic (exact) mass is 297 g/mol. The van der Waals surface area contributed by atoms with Gasteiger partial charge in [-0.15, -0.1) is 0 Å². The van der Waals surface area contributed by atoms with E-state index in [4.69, 9.17) is 16.0 Å². The second kappa shape index (κ2) is 5.41. The Hall–Kier alpha value is -2.22. The van der Waals surface area contributed by atoms with Gasteiger partial charge in [-0.25, -0.2) is 9.97 Å². The van der Waals surface area contributed by atoms with Crippen LogP contribution in [0.25, 0.3) is 0 Å². The SMILES string of the molecule is Cc1nc(CNc2nc(Cl)nc(C)c2[N+](=O)[O-])oc1C. The van der Waals surface area contributed by atoms with Gasteiger partial charge in [-0.1, -0.05) is 0 Å². The average molecular weight is 298 g/mol. The highest BCUT2D eigenvalue weighted by molar-refractivity contribution is 6.28. The summed E-state index contributed by atoms with van der Waals surface area (Å²) in [6.45, 7) is 5.27. The molecule has 8 nitrogen and oxygen atoms in total. The number of aromatic nitrogens is 3. The van der Waals surface area contributed by atoms with Crippen LogP contribution in [-0.4, -0.2) is 19.9 Å². The zero-order chi connectivity index (χ0) is 14.9. The summed E-state index contributed by atoms with van der Waals surface area (Å²) in [5.74, 6) is 1.16. The molecule has 0 unspecified atom stereocenters. The Morgan fingerprint density at radius 3 is 2.50 bits per heavy atom. The van der Waals surface area contributed by atoms with Crippen LogP contribution in [0, 0.1) is 30.9 Å². The molecule has 106 valence electrons. The van der Waals surface area contributed by atoms with Gasteiger partial charge >= 0.3 is 5.69 Å². The van der Waals surface area contributed by atoms with Crippen LogP contribution in [-0.2, 0) is 6.54 Å². The van der Waals surface area contributed by atoms with Gasteiger partial charge in [0.05, 0.1) is 17.2 Å². The fraction of sp³-hybridized carbons (Fsp3) is 0.364. The number of nitrogens with one attached hydrogen (secondary N) is 1. The molecular weight excluding hydrogens is 286 g/mol. The van der Waals surface area contributed by atoms with Crippen LogP contribution >= 0.6 is 11.6 Å². The molecule has 0 aromatic carbocycles. The first kappa shape index (κ1) is 14.2. The lowest BCUT2D eigenvalue weighted by atomic mass is 10.3. The molecule has 0 amide bonds. The molecule has 2 aromatic rings. The van der Waals surface area contributed by atoms with Crippen molar-refractivity contribution in [3.63, 3.8) is 0 Å². The molecule has 1 N–H and O–H groups in total. The molecule has 0 fully saturated rings. The molecule has 20 heavy (non-hydrogen) atoms. The van der Waals surface area contributed by atoms with Crippen LogP contribution in [0.3, 0.4) is 0 Å². The van der Waals surface area contributed by atoms with Crippen molar-refractivity contribution in [1.29, 1.82) is 0 Å². The summed E-state index contributed by atoms with van der Waals surface area (Å²) in [5, 5.41) is 13.8. The molecule has 9 heteroatoms. The number of oxazole rings is 1. The summed E-state index contributed by atoms with van der Waals surface area (Å²) >= 11 is 5.71. The van der Waals surface area contributed by atoms with Crippen molar-refractivity contribution in [3.8, 4) is 0 Å². The van der Waals surface area contributed by atoms with Gasteiger partial charge in [0, 0.05) is 0 Å². The van der Waals surface area contributed by atoms with Crippen molar-refractivity contribution in [2.45, 2.75) is 27.3 Å². The third kappa shape index (κ3) is 2.85. The van der Waals surface area contributed by atoms with Crippen LogP contribution < -0.4 is 5.32 Å². The molecule has 2 aromatic heterocycles. The van der Waals surface area contributed by atoms with Gasteiger partial charge in [-0.05, 0) is 32.4 Å². The number of rotatable bonds is 4. The maximum Gasteiger partial charge on any atom is 0.332 e. The average Bonchev–Trinajstić information content (AvgIpc) is 2.64. The minimum Gasteiger partial charge on any atom is -0.444 e. The van der Waals surface area contributed by atoms with E-state index in [-0.39, 0.29) is 29.0 Å². The van der Waals surface area contributed by atoms with E-state index in [1.807, 2.05) is 6.92 Å². The number of anilines is 1. The first-order valence-corrected chi connectivity index (χ1v) is 6.11. The highest BCUT2D eigenvalue weighted by Gasteiger charge is 2.22. The molecule has 0 bridgehead atoms. The predicted molar refractivity (Wildman–Crippen MR) is 71.7 cm³/mol. The maximum absolute atomic E-state index is 11.0. The predicted octanol–water partition coefficient (Wildman–Crippen LogP) is 2.56. The molecule has 0 aliphatic heterocycles. The summed E-state index contributed by atoms with van der Waals surface area (Å²) < 4.78 is 5.38. The van der Waals surface area contributed by atoms with E-state index in [0.717, 1.165) is 5.69 Å². The van der Waals surface area contributed by atoms with Crippen molar-refractivity contribution < 1.29 is 9.34 Å². The topological polar surface area (TPSA) is 107 Å². The summed E-state index contributed by atoms with van der Waals surface area (Å²) in [7, 11) is 0.